The van der Waals surface area contributed by atoms with Crippen molar-refractivity contribution in [2.75, 3.05) is 20.2 Å². The number of amides is 1. The number of carbonyl (C=O) groups excluding carboxylic acids is 1. The minimum Gasteiger partial charge on any atom is -0.497 e. The van der Waals surface area contributed by atoms with E-state index in [9.17, 15) is 4.79 Å². The molecule has 1 aromatic carbocycles. The Morgan fingerprint density at radius 3 is 2.37 bits per heavy atom. The van der Waals surface area contributed by atoms with E-state index < -0.39 is 0 Å². The Morgan fingerprint density at radius 1 is 1.21 bits per heavy atom. The predicted molar refractivity (Wildman–Crippen MR) is 77.3 cm³/mol. The highest BCUT2D eigenvalue weighted by molar-refractivity contribution is 5.78. The monoisotopic (exact) mass is 264 g/mol. The molecule has 0 spiro atoms. The first-order chi connectivity index (χ1) is 9.02. The SMILES string of the molecule is COc1ccc([C@H](C)NCC(=O)NCC(C)C)cc1. The third-order valence-electron chi connectivity index (χ3n) is 2.89. The zero-order valence-electron chi connectivity index (χ0n) is 12.2. The van der Waals surface area contributed by atoms with Gasteiger partial charge in [-0.2, -0.15) is 0 Å². The van der Waals surface area contributed by atoms with Crippen LogP contribution in [0.2, 0.25) is 0 Å². The molecule has 1 aromatic rings. The molecule has 0 saturated heterocycles. The maximum absolute atomic E-state index is 11.6. The topological polar surface area (TPSA) is 50.4 Å². The molecule has 1 rings (SSSR count). The molecular weight excluding hydrogens is 240 g/mol. The molecule has 19 heavy (non-hydrogen) atoms. The molecular formula is C15H24N2O2. The average molecular weight is 264 g/mol. The van der Waals surface area contributed by atoms with E-state index in [4.69, 9.17) is 4.74 Å². The van der Waals surface area contributed by atoms with Gasteiger partial charge in [0.25, 0.3) is 0 Å². The lowest BCUT2D eigenvalue weighted by Gasteiger charge is -2.15. The second kappa shape index (κ2) is 7.79. The van der Waals surface area contributed by atoms with Crippen LogP contribution in [0.3, 0.4) is 0 Å². The molecule has 0 heterocycles. The fraction of sp³-hybridized carbons (Fsp3) is 0.533. The quantitative estimate of drug-likeness (QED) is 0.793. The van der Waals surface area contributed by atoms with E-state index in [0.717, 1.165) is 17.9 Å². The van der Waals surface area contributed by atoms with Crippen molar-refractivity contribution in [1.82, 2.24) is 10.6 Å². The molecule has 0 aromatic heterocycles. The Balaban J connectivity index is 2.37. The van der Waals surface area contributed by atoms with E-state index in [2.05, 4.69) is 24.5 Å². The highest BCUT2D eigenvalue weighted by atomic mass is 16.5. The van der Waals surface area contributed by atoms with Crippen LogP contribution in [0.4, 0.5) is 0 Å². The molecule has 106 valence electrons. The van der Waals surface area contributed by atoms with Crippen LogP contribution >= 0.6 is 0 Å². The van der Waals surface area contributed by atoms with Gasteiger partial charge in [-0.3, -0.25) is 4.79 Å². The molecule has 0 aliphatic rings. The maximum atomic E-state index is 11.6. The van der Waals surface area contributed by atoms with Gasteiger partial charge in [0, 0.05) is 12.6 Å². The Morgan fingerprint density at radius 2 is 1.84 bits per heavy atom. The first kappa shape index (κ1) is 15.5. The smallest absolute Gasteiger partial charge is 0.233 e. The number of methoxy groups -OCH3 is 1. The van der Waals surface area contributed by atoms with Crippen molar-refractivity contribution in [3.63, 3.8) is 0 Å². The molecule has 0 aliphatic heterocycles. The summed E-state index contributed by atoms with van der Waals surface area (Å²) in [6, 6.07) is 7.99. The Labute approximate surface area is 115 Å². The number of ether oxygens (including phenoxy) is 1. The van der Waals surface area contributed by atoms with Crippen LogP contribution in [-0.4, -0.2) is 26.1 Å². The average Bonchev–Trinajstić information content (AvgIpc) is 2.42. The van der Waals surface area contributed by atoms with Gasteiger partial charge in [0.15, 0.2) is 0 Å². The standard InChI is InChI=1S/C15H24N2O2/c1-11(2)9-17-15(18)10-16-12(3)13-5-7-14(19-4)8-6-13/h5-8,11-12,16H,9-10H2,1-4H3,(H,17,18)/t12-/m0/s1. The highest BCUT2D eigenvalue weighted by Crippen LogP contribution is 2.16. The second-order valence-electron chi connectivity index (χ2n) is 5.07. The fourth-order valence-corrected chi connectivity index (χ4v) is 1.64. The summed E-state index contributed by atoms with van der Waals surface area (Å²) >= 11 is 0. The van der Waals surface area contributed by atoms with Crippen LogP contribution in [-0.2, 0) is 4.79 Å². The van der Waals surface area contributed by atoms with Crippen molar-refractivity contribution in [3.8, 4) is 5.75 Å². The summed E-state index contributed by atoms with van der Waals surface area (Å²) in [5.74, 6) is 1.35. The summed E-state index contributed by atoms with van der Waals surface area (Å²) in [7, 11) is 1.65. The van der Waals surface area contributed by atoms with Gasteiger partial charge in [-0.1, -0.05) is 26.0 Å². The number of benzene rings is 1. The minimum absolute atomic E-state index is 0.0362. The number of hydrogen-bond donors (Lipinski definition) is 2. The van der Waals surface area contributed by atoms with Crippen LogP contribution < -0.4 is 15.4 Å². The summed E-state index contributed by atoms with van der Waals surface area (Å²) in [4.78, 5) is 11.6. The van der Waals surface area contributed by atoms with Crippen LogP contribution in [0.25, 0.3) is 0 Å². The van der Waals surface area contributed by atoms with Crippen molar-refractivity contribution in [1.29, 1.82) is 0 Å². The van der Waals surface area contributed by atoms with Gasteiger partial charge >= 0.3 is 0 Å². The zero-order chi connectivity index (χ0) is 14.3. The van der Waals surface area contributed by atoms with E-state index in [-0.39, 0.29) is 11.9 Å². The molecule has 1 amide bonds. The molecule has 0 aliphatic carbocycles. The van der Waals surface area contributed by atoms with E-state index in [1.165, 1.54) is 0 Å². The van der Waals surface area contributed by atoms with E-state index >= 15 is 0 Å². The van der Waals surface area contributed by atoms with Gasteiger partial charge in [0.2, 0.25) is 5.91 Å². The van der Waals surface area contributed by atoms with Gasteiger partial charge in [-0.05, 0) is 30.5 Å². The molecule has 4 heteroatoms. The highest BCUT2D eigenvalue weighted by Gasteiger charge is 2.08. The third kappa shape index (κ3) is 5.75. The molecule has 0 radical (unpaired) electrons. The number of hydrogen-bond acceptors (Lipinski definition) is 3. The van der Waals surface area contributed by atoms with Crippen LogP contribution in [0.15, 0.2) is 24.3 Å². The van der Waals surface area contributed by atoms with Crippen molar-refractivity contribution in [2.45, 2.75) is 26.8 Å². The van der Waals surface area contributed by atoms with Crippen molar-refractivity contribution < 1.29 is 9.53 Å². The van der Waals surface area contributed by atoms with Crippen LogP contribution in [0.5, 0.6) is 5.75 Å². The van der Waals surface area contributed by atoms with Crippen molar-refractivity contribution >= 4 is 5.91 Å². The first-order valence-corrected chi connectivity index (χ1v) is 6.67. The molecule has 0 unspecified atom stereocenters. The molecule has 0 bridgehead atoms. The van der Waals surface area contributed by atoms with E-state index in [1.54, 1.807) is 7.11 Å². The summed E-state index contributed by atoms with van der Waals surface area (Å²) < 4.78 is 5.12. The second-order valence-corrected chi connectivity index (χ2v) is 5.07. The lowest BCUT2D eigenvalue weighted by atomic mass is 10.1. The van der Waals surface area contributed by atoms with E-state index in [0.29, 0.717) is 12.5 Å². The number of carbonyl (C=O) groups is 1. The van der Waals surface area contributed by atoms with Gasteiger partial charge in [0.1, 0.15) is 5.75 Å². The van der Waals surface area contributed by atoms with Crippen LogP contribution in [0.1, 0.15) is 32.4 Å². The molecule has 0 fully saturated rings. The number of rotatable bonds is 7. The first-order valence-electron chi connectivity index (χ1n) is 6.67. The Bertz CT molecular complexity index is 388. The Hall–Kier alpha value is -1.55. The summed E-state index contributed by atoms with van der Waals surface area (Å²) in [6.45, 7) is 7.25. The zero-order valence-corrected chi connectivity index (χ0v) is 12.2. The van der Waals surface area contributed by atoms with Crippen LogP contribution in [0, 0.1) is 5.92 Å². The normalized spacial score (nSPS) is 12.3. The fourth-order valence-electron chi connectivity index (χ4n) is 1.64. The third-order valence-corrected chi connectivity index (χ3v) is 2.89. The summed E-state index contributed by atoms with van der Waals surface area (Å²) in [5.41, 5.74) is 1.14. The largest absolute Gasteiger partial charge is 0.497 e. The minimum atomic E-state index is 0.0362. The molecule has 0 saturated carbocycles. The van der Waals surface area contributed by atoms with Gasteiger partial charge in [-0.15, -0.1) is 0 Å². The number of nitrogens with one attached hydrogen (secondary N) is 2. The Kier molecular flexibility index (Phi) is 6.36. The van der Waals surface area contributed by atoms with Crippen molar-refractivity contribution in [3.05, 3.63) is 29.8 Å². The van der Waals surface area contributed by atoms with Gasteiger partial charge < -0.3 is 15.4 Å². The van der Waals surface area contributed by atoms with E-state index in [1.807, 2.05) is 31.2 Å². The van der Waals surface area contributed by atoms with Gasteiger partial charge in [0.05, 0.1) is 13.7 Å². The molecule has 4 nitrogen and oxygen atoms in total. The lowest BCUT2D eigenvalue weighted by Crippen LogP contribution is -2.36. The van der Waals surface area contributed by atoms with Gasteiger partial charge in [-0.25, -0.2) is 0 Å². The predicted octanol–water partition coefficient (Wildman–Crippen LogP) is 2.12. The molecule has 2 N–H and O–H groups in total. The maximum Gasteiger partial charge on any atom is 0.233 e. The summed E-state index contributed by atoms with van der Waals surface area (Å²) in [5, 5.41) is 6.09. The summed E-state index contributed by atoms with van der Waals surface area (Å²) in [6.07, 6.45) is 0. The lowest BCUT2D eigenvalue weighted by molar-refractivity contribution is -0.120. The molecule has 1 atom stereocenters. The van der Waals surface area contributed by atoms with Crippen molar-refractivity contribution in [2.24, 2.45) is 5.92 Å².